The molecule has 2 aromatic carbocycles. The van der Waals surface area contributed by atoms with Crippen LogP contribution in [-0.4, -0.2) is 20.2 Å². The number of thiophene rings is 1. The van der Waals surface area contributed by atoms with Gasteiger partial charge in [-0.15, -0.1) is 11.3 Å². The standard InChI is InChI=1S/C38H41N3O2S/c1-7-9-24-41(25-10-8-2)31-18-16-29(35(26-31)42-6)17-19-32-20-21-33(44-32)22-23-34-36(40-5)37(28(3)27-39)43-38(34,4)30-14-12-11-13-15-30/h11-23,26H,7-10,24-25H2,1-4,6H3/b19-17+,23-22+,37-28+. The lowest BCUT2D eigenvalue weighted by molar-refractivity contribution is 0.0750. The molecule has 1 aliphatic rings. The third-order valence-corrected chi connectivity index (χ3v) is 8.89. The lowest BCUT2D eigenvalue weighted by atomic mass is 9.87. The summed E-state index contributed by atoms with van der Waals surface area (Å²) in [6.07, 6.45) is 12.9. The maximum Gasteiger partial charge on any atom is 0.236 e. The van der Waals surface area contributed by atoms with Crippen molar-refractivity contribution in [1.82, 2.24) is 0 Å². The van der Waals surface area contributed by atoms with Crippen molar-refractivity contribution in [2.75, 3.05) is 25.1 Å². The third-order valence-electron chi connectivity index (χ3n) is 7.87. The second-order valence-electron chi connectivity index (χ2n) is 11.0. The van der Waals surface area contributed by atoms with E-state index in [-0.39, 0.29) is 0 Å². The Kier molecular flexibility index (Phi) is 11.2. The first-order valence-corrected chi connectivity index (χ1v) is 16.1. The lowest BCUT2D eigenvalue weighted by Gasteiger charge is -2.28. The van der Waals surface area contributed by atoms with Crippen molar-refractivity contribution < 1.29 is 9.47 Å². The van der Waals surface area contributed by atoms with Gasteiger partial charge in [-0.3, -0.25) is 0 Å². The molecule has 0 aliphatic carbocycles. The van der Waals surface area contributed by atoms with Gasteiger partial charge in [0, 0.05) is 45.7 Å². The van der Waals surface area contributed by atoms with Crippen LogP contribution in [0.25, 0.3) is 23.1 Å². The van der Waals surface area contributed by atoms with E-state index in [2.05, 4.69) is 72.1 Å². The van der Waals surface area contributed by atoms with E-state index in [1.54, 1.807) is 25.4 Å². The Morgan fingerprint density at radius 2 is 1.66 bits per heavy atom. The summed E-state index contributed by atoms with van der Waals surface area (Å²) in [4.78, 5) is 8.43. The van der Waals surface area contributed by atoms with Crippen LogP contribution in [0, 0.1) is 17.9 Å². The summed E-state index contributed by atoms with van der Waals surface area (Å²) >= 11 is 1.66. The first kappa shape index (κ1) is 32.4. The second-order valence-corrected chi connectivity index (χ2v) is 12.1. The predicted octanol–water partition coefficient (Wildman–Crippen LogP) is 10.3. The number of hydrogen-bond donors (Lipinski definition) is 0. The van der Waals surface area contributed by atoms with Crippen LogP contribution in [0.2, 0.25) is 0 Å². The van der Waals surface area contributed by atoms with Crippen LogP contribution in [-0.2, 0) is 10.3 Å². The number of benzene rings is 2. The van der Waals surface area contributed by atoms with Gasteiger partial charge >= 0.3 is 0 Å². The first-order chi connectivity index (χ1) is 21.4. The fourth-order valence-corrected chi connectivity index (χ4v) is 6.08. The zero-order valence-electron chi connectivity index (χ0n) is 26.4. The van der Waals surface area contributed by atoms with Crippen LogP contribution < -0.4 is 9.64 Å². The number of methoxy groups -OCH3 is 1. The molecule has 0 radical (unpaired) electrons. The van der Waals surface area contributed by atoms with E-state index < -0.39 is 5.60 Å². The van der Waals surface area contributed by atoms with Gasteiger partial charge in [-0.05, 0) is 74.7 Å². The molecule has 2 heterocycles. The van der Waals surface area contributed by atoms with Crippen molar-refractivity contribution in [3.05, 3.63) is 122 Å². The summed E-state index contributed by atoms with van der Waals surface area (Å²) in [5, 5.41) is 9.57. The average molecular weight is 604 g/mol. The highest BCUT2D eigenvalue weighted by Gasteiger charge is 2.43. The van der Waals surface area contributed by atoms with Crippen LogP contribution in [0.15, 0.2) is 89.3 Å². The minimum Gasteiger partial charge on any atom is -0.496 e. The molecule has 0 saturated heterocycles. The van der Waals surface area contributed by atoms with Gasteiger partial charge in [0.25, 0.3) is 0 Å². The fourth-order valence-electron chi connectivity index (χ4n) is 5.27. The summed E-state index contributed by atoms with van der Waals surface area (Å²) in [7, 11) is 1.73. The van der Waals surface area contributed by atoms with Gasteiger partial charge in [0.2, 0.25) is 5.70 Å². The maximum atomic E-state index is 9.57. The zero-order valence-corrected chi connectivity index (χ0v) is 27.2. The largest absolute Gasteiger partial charge is 0.496 e. The molecule has 0 bridgehead atoms. The summed E-state index contributed by atoms with van der Waals surface area (Å²) in [5.74, 6) is 1.21. The minimum atomic E-state index is -0.879. The maximum absolute atomic E-state index is 9.57. The summed E-state index contributed by atoms with van der Waals surface area (Å²) in [6.45, 7) is 18.1. The topological polar surface area (TPSA) is 49.9 Å². The van der Waals surface area contributed by atoms with Crippen LogP contribution in [0.4, 0.5) is 5.69 Å². The fraction of sp³-hybridized carbons (Fsp3) is 0.316. The van der Waals surface area contributed by atoms with Crippen molar-refractivity contribution in [2.45, 2.75) is 59.0 Å². The number of nitrogens with zero attached hydrogens (tertiary/aromatic N) is 3. The molecule has 0 saturated carbocycles. The molecule has 44 heavy (non-hydrogen) atoms. The van der Waals surface area contributed by atoms with Crippen LogP contribution >= 0.6 is 11.3 Å². The molecule has 0 N–H and O–H groups in total. The first-order valence-electron chi connectivity index (χ1n) is 15.3. The molecule has 0 spiro atoms. The van der Waals surface area contributed by atoms with Gasteiger partial charge in [-0.2, -0.15) is 5.26 Å². The molecule has 0 fully saturated rings. The molecule has 1 unspecified atom stereocenters. The van der Waals surface area contributed by atoms with E-state index >= 15 is 0 Å². The normalized spacial score (nSPS) is 17.5. The molecule has 4 rings (SSSR count). The van der Waals surface area contributed by atoms with Crippen molar-refractivity contribution in [3.8, 4) is 11.8 Å². The summed E-state index contributed by atoms with van der Waals surface area (Å²) in [6, 6.07) is 22.7. The molecule has 226 valence electrons. The van der Waals surface area contributed by atoms with E-state index in [0.717, 1.165) is 45.3 Å². The SMILES string of the molecule is [C-]#[N+]C1=C(/C=C/c2ccc(/C=C/c3ccc(N(CCCC)CCCC)cc3OC)s2)C(C)(c2ccccc2)O/C1=C(\C)C#N. The van der Waals surface area contributed by atoms with Crippen LogP contribution in [0.5, 0.6) is 5.75 Å². The number of anilines is 1. The number of hydrogen-bond acceptors (Lipinski definition) is 5. The molecular formula is C38H41N3O2S. The Labute approximate surface area is 266 Å². The van der Waals surface area contributed by atoms with E-state index in [1.807, 2.05) is 49.4 Å². The minimum absolute atomic E-state index is 0.349. The highest BCUT2D eigenvalue weighted by Crippen LogP contribution is 2.47. The van der Waals surface area contributed by atoms with Crippen molar-refractivity contribution in [2.24, 2.45) is 0 Å². The zero-order chi connectivity index (χ0) is 31.5. The van der Waals surface area contributed by atoms with Gasteiger partial charge < -0.3 is 14.4 Å². The molecule has 1 atom stereocenters. The number of ether oxygens (including phenoxy) is 2. The Bertz CT molecular complexity index is 1640. The molecule has 1 aliphatic heterocycles. The van der Waals surface area contributed by atoms with E-state index in [4.69, 9.17) is 16.0 Å². The van der Waals surface area contributed by atoms with Gasteiger partial charge in [-0.25, -0.2) is 4.85 Å². The number of rotatable bonds is 13. The summed E-state index contributed by atoms with van der Waals surface area (Å²) < 4.78 is 12.2. The second kappa shape index (κ2) is 15.3. The highest BCUT2D eigenvalue weighted by atomic mass is 32.1. The number of allylic oxidation sites excluding steroid dienone is 1. The Morgan fingerprint density at radius 1 is 1.00 bits per heavy atom. The smallest absolute Gasteiger partial charge is 0.236 e. The van der Waals surface area contributed by atoms with E-state index in [0.29, 0.717) is 17.0 Å². The van der Waals surface area contributed by atoms with Crippen LogP contribution in [0.3, 0.4) is 0 Å². The lowest BCUT2D eigenvalue weighted by Crippen LogP contribution is -2.25. The molecule has 6 heteroatoms. The highest BCUT2D eigenvalue weighted by molar-refractivity contribution is 7.13. The van der Waals surface area contributed by atoms with Gasteiger partial charge in [0.15, 0.2) is 0 Å². The Balaban J connectivity index is 1.59. The third kappa shape index (κ3) is 7.33. The van der Waals surface area contributed by atoms with Crippen LogP contribution in [0.1, 0.15) is 74.3 Å². The van der Waals surface area contributed by atoms with E-state index in [9.17, 15) is 5.26 Å². The monoisotopic (exact) mass is 603 g/mol. The molecule has 3 aromatic rings. The van der Waals surface area contributed by atoms with Crippen molar-refractivity contribution in [1.29, 1.82) is 5.26 Å². The summed E-state index contributed by atoms with van der Waals surface area (Å²) in [5.41, 5.74) is 3.80. The molecular weight excluding hydrogens is 563 g/mol. The predicted molar refractivity (Wildman–Crippen MR) is 184 cm³/mol. The Morgan fingerprint density at radius 3 is 2.25 bits per heavy atom. The molecule has 0 amide bonds. The van der Waals surface area contributed by atoms with Gasteiger partial charge in [0.1, 0.15) is 17.1 Å². The quantitative estimate of drug-likeness (QED) is 0.144. The van der Waals surface area contributed by atoms with Gasteiger partial charge in [-0.1, -0.05) is 63.1 Å². The average Bonchev–Trinajstić information content (AvgIpc) is 3.64. The number of unbranched alkanes of at least 4 members (excludes halogenated alkanes) is 2. The Hall–Kier alpha value is -4.52. The van der Waals surface area contributed by atoms with E-state index in [1.165, 1.54) is 31.4 Å². The van der Waals surface area contributed by atoms with Gasteiger partial charge in [0.05, 0.1) is 25.3 Å². The van der Waals surface area contributed by atoms with Crippen molar-refractivity contribution >= 4 is 35.3 Å². The van der Waals surface area contributed by atoms with Crippen molar-refractivity contribution in [3.63, 3.8) is 0 Å². The molecule has 1 aromatic heterocycles. The number of nitriles is 1. The molecule has 5 nitrogen and oxygen atoms in total.